The number of likely N-dealkylation sites (N-methyl/N-ethyl adjacent to an activating group) is 1. The fourth-order valence-corrected chi connectivity index (χ4v) is 1.69. The Hall–Kier alpha value is -0.500. The first kappa shape index (κ1) is 8.60. The molecular formula is C9H18N2. The van der Waals surface area contributed by atoms with E-state index >= 15 is 0 Å². The number of hydrogen-bond donors (Lipinski definition) is 0. The molecule has 0 aromatic rings. The molecule has 1 rings (SSSR count). The molecule has 1 atom stereocenters. The van der Waals surface area contributed by atoms with Crippen molar-refractivity contribution in [1.29, 1.82) is 0 Å². The van der Waals surface area contributed by atoms with Gasteiger partial charge in [-0.05, 0) is 33.3 Å². The fraction of sp³-hybridized carbons (Fsp3) is 0.778. The SMILES string of the molecule is CCN1C(C)=C(C)C(C)N1C. The van der Waals surface area contributed by atoms with Crippen LogP contribution in [0.4, 0.5) is 0 Å². The zero-order valence-electron chi connectivity index (χ0n) is 8.18. The highest BCUT2D eigenvalue weighted by molar-refractivity contribution is 5.18. The molecule has 1 aliphatic heterocycles. The standard InChI is InChI=1S/C9H18N2/c1-6-11-9(4)7(2)8(3)10(11)5/h8H,6H2,1-5H3. The quantitative estimate of drug-likeness (QED) is 0.568. The zero-order valence-corrected chi connectivity index (χ0v) is 8.18. The van der Waals surface area contributed by atoms with Crippen LogP contribution in [0.15, 0.2) is 11.3 Å². The first-order valence-corrected chi connectivity index (χ1v) is 4.27. The molecule has 0 spiro atoms. The normalized spacial score (nSPS) is 27.0. The third kappa shape index (κ3) is 1.16. The maximum absolute atomic E-state index is 2.32. The van der Waals surface area contributed by atoms with E-state index in [1.54, 1.807) is 0 Å². The van der Waals surface area contributed by atoms with Crippen molar-refractivity contribution in [1.82, 2.24) is 10.0 Å². The van der Waals surface area contributed by atoms with Gasteiger partial charge in [-0.1, -0.05) is 0 Å². The minimum atomic E-state index is 0.579. The van der Waals surface area contributed by atoms with E-state index in [-0.39, 0.29) is 0 Å². The van der Waals surface area contributed by atoms with Gasteiger partial charge in [-0.2, -0.15) is 0 Å². The maximum Gasteiger partial charge on any atom is 0.0488 e. The number of hydrazine groups is 1. The van der Waals surface area contributed by atoms with E-state index in [2.05, 4.69) is 44.8 Å². The fourth-order valence-electron chi connectivity index (χ4n) is 1.69. The maximum atomic E-state index is 2.32. The molecule has 0 saturated heterocycles. The highest BCUT2D eigenvalue weighted by atomic mass is 15.6. The van der Waals surface area contributed by atoms with Crippen LogP contribution in [-0.4, -0.2) is 29.7 Å². The van der Waals surface area contributed by atoms with Crippen molar-refractivity contribution in [2.75, 3.05) is 13.6 Å². The van der Waals surface area contributed by atoms with E-state index in [0.29, 0.717) is 6.04 Å². The van der Waals surface area contributed by atoms with E-state index in [0.717, 1.165) is 6.54 Å². The second-order valence-electron chi connectivity index (χ2n) is 3.23. The van der Waals surface area contributed by atoms with Crippen LogP contribution >= 0.6 is 0 Å². The summed E-state index contributed by atoms with van der Waals surface area (Å²) < 4.78 is 0. The second-order valence-corrected chi connectivity index (χ2v) is 3.23. The molecular weight excluding hydrogens is 136 g/mol. The Morgan fingerprint density at radius 3 is 2.09 bits per heavy atom. The lowest BCUT2D eigenvalue weighted by molar-refractivity contribution is 0.0455. The molecule has 1 aliphatic rings. The highest BCUT2D eigenvalue weighted by Crippen LogP contribution is 2.26. The third-order valence-electron chi connectivity index (χ3n) is 2.83. The van der Waals surface area contributed by atoms with Crippen LogP contribution in [0.5, 0.6) is 0 Å². The number of hydrogen-bond acceptors (Lipinski definition) is 2. The van der Waals surface area contributed by atoms with Gasteiger partial charge >= 0.3 is 0 Å². The molecule has 0 aliphatic carbocycles. The van der Waals surface area contributed by atoms with Crippen molar-refractivity contribution in [3.8, 4) is 0 Å². The van der Waals surface area contributed by atoms with Crippen LogP contribution in [0.3, 0.4) is 0 Å². The van der Waals surface area contributed by atoms with E-state index in [1.807, 2.05) is 0 Å². The molecule has 2 nitrogen and oxygen atoms in total. The highest BCUT2D eigenvalue weighted by Gasteiger charge is 2.26. The first-order chi connectivity index (χ1) is 5.09. The Labute approximate surface area is 69.5 Å². The topological polar surface area (TPSA) is 6.48 Å². The summed E-state index contributed by atoms with van der Waals surface area (Å²) in [5.41, 5.74) is 2.91. The van der Waals surface area contributed by atoms with Crippen LogP contribution < -0.4 is 0 Å². The molecule has 64 valence electrons. The molecule has 0 amide bonds. The summed E-state index contributed by atoms with van der Waals surface area (Å²) in [4.78, 5) is 0. The lowest BCUT2D eigenvalue weighted by atomic mass is 10.1. The molecule has 0 aromatic heterocycles. The number of allylic oxidation sites excluding steroid dienone is 1. The average molecular weight is 154 g/mol. The Kier molecular flexibility index (Phi) is 2.23. The van der Waals surface area contributed by atoms with Crippen molar-refractivity contribution in [2.45, 2.75) is 33.7 Å². The zero-order chi connectivity index (χ0) is 8.59. The first-order valence-electron chi connectivity index (χ1n) is 4.27. The Morgan fingerprint density at radius 2 is 1.91 bits per heavy atom. The van der Waals surface area contributed by atoms with Crippen LogP contribution in [0, 0.1) is 0 Å². The van der Waals surface area contributed by atoms with Crippen LogP contribution in [0.25, 0.3) is 0 Å². The molecule has 2 heteroatoms. The molecule has 0 N–H and O–H groups in total. The molecule has 0 bridgehead atoms. The molecule has 11 heavy (non-hydrogen) atoms. The predicted octanol–water partition coefficient (Wildman–Crippen LogP) is 1.85. The van der Waals surface area contributed by atoms with Gasteiger partial charge in [0.05, 0.1) is 0 Å². The van der Waals surface area contributed by atoms with Gasteiger partial charge in [0.15, 0.2) is 0 Å². The third-order valence-corrected chi connectivity index (χ3v) is 2.83. The summed E-state index contributed by atoms with van der Waals surface area (Å²) in [6.07, 6.45) is 0. The summed E-state index contributed by atoms with van der Waals surface area (Å²) in [5, 5.41) is 4.62. The largest absolute Gasteiger partial charge is 0.310 e. The smallest absolute Gasteiger partial charge is 0.0488 e. The van der Waals surface area contributed by atoms with Crippen LogP contribution in [-0.2, 0) is 0 Å². The molecule has 0 radical (unpaired) electrons. The number of rotatable bonds is 1. The van der Waals surface area contributed by atoms with Crippen molar-refractivity contribution < 1.29 is 0 Å². The molecule has 1 heterocycles. The molecule has 0 saturated carbocycles. The second kappa shape index (κ2) is 2.86. The van der Waals surface area contributed by atoms with E-state index < -0.39 is 0 Å². The molecule has 0 aromatic carbocycles. The van der Waals surface area contributed by atoms with Gasteiger partial charge in [0.2, 0.25) is 0 Å². The molecule has 0 fully saturated rings. The summed E-state index contributed by atoms with van der Waals surface area (Å²) in [5.74, 6) is 0. The minimum absolute atomic E-state index is 0.579. The van der Waals surface area contributed by atoms with Crippen LogP contribution in [0.1, 0.15) is 27.7 Å². The predicted molar refractivity (Wildman–Crippen MR) is 48.0 cm³/mol. The van der Waals surface area contributed by atoms with E-state index in [9.17, 15) is 0 Å². The monoisotopic (exact) mass is 154 g/mol. The van der Waals surface area contributed by atoms with Gasteiger partial charge in [0.1, 0.15) is 0 Å². The number of nitrogens with zero attached hydrogens (tertiary/aromatic N) is 2. The molecule has 1 unspecified atom stereocenters. The summed E-state index contributed by atoms with van der Waals surface area (Å²) in [7, 11) is 2.15. The van der Waals surface area contributed by atoms with Gasteiger partial charge in [0, 0.05) is 25.3 Å². The Morgan fingerprint density at radius 1 is 1.36 bits per heavy atom. The van der Waals surface area contributed by atoms with E-state index in [1.165, 1.54) is 11.3 Å². The van der Waals surface area contributed by atoms with Crippen LogP contribution in [0.2, 0.25) is 0 Å². The summed E-state index contributed by atoms with van der Waals surface area (Å²) >= 11 is 0. The van der Waals surface area contributed by atoms with Crippen molar-refractivity contribution in [2.24, 2.45) is 0 Å². The minimum Gasteiger partial charge on any atom is -0.310 e. The van der Waals surface area contributed by atoms with Crippen molar-refractivity contribution in [3.63, 3.8) is 0 Å². The summed E-state index contributed by atoms with van der Waals surface area (Å²) in [6.45, 7) is 9.91. The van der Waals surface area contributed by atoms with Gasteiger partial charge in [-0.15, -0.1) is 0 Å². The van der Waals surface area contributed by atoms with E-state index in [4.69, 9.17) is 0 Å². The summed E-state index contributed by atoms with van der Waals surface area (Å²) in [6, 6.07) is 0.579. The average Bonchev–Trinajstić information content (AvgIpc) is 2.17. The van der Waals surface area contributed by atoms with Crippen molar-refractivity contribution in [3.05, 3.63) is 11.3 Å². The van der Waals surface area contributed by atoms with Gasteiger partial charge in [-0.25, -0.2) is 5.01 Å². The van der Waals surface area contributed by atoms with Gasteiger partial charge in [0.25, 0.3) is 0 Å². The lowest BCUT2D eigenvalue weighted by Gasteiger charge is -2.29. The Bertz CT molecular complexity index is 184. The van der Waals surface area contributed by atoms with Gasteiger partial charge in [-0.3, -0.25) is 0 Å². The Balaban J connectivity index is 2.86. The lowest BCUT2D eigenvalue weighted by Crippen LogP contribution is -2.37. The van der Waals surface area contributed by atoms with Crippen molar-refractivity contribution >= 4 is 0 Å². The van der Waals surface area contributed by atoms with Gasteiger partial charge < -0.3 is 5.01 Å².